The summed E-state index contributed by atoms with van der Waals surface area (Å²) in [6.07, 6.45) is -4.48. The van der Waals surface area contributed by atoms with Crippen molar-refractivity contribution in [3.8, 4) is 0 Å². The van der Waals surface area contributed by atoms with Crippen molar-refractivity contribution in [3.63, 3.8) is 0 Å². The highest BCUT2D eigenvalue weighted by atomic mass is 79.9. The number of alkyl halides is 3. The third-order valence-corrected chi connectivity index (χ3v) is 3.57. The molecule has 0 saturated carbocycles. The minimum atomic E-state index is -4.48. The number of hydrogen-bond acceptors (Lipinski definition) is 3. The highest BCUT2D eigenvalue weighted by Crippen LogP contribution is 2.36. The predicted octanol–water partition coefficient (Wildman–Crippen LogP) is 2.74. The maximum Gasteiger partial charge on any atom is 0.418 e. The standard InChI is InChI=1S/C13H14BrF3N2O2/c14-9-1-2-11(10(7-9)13(15,16)17)18-8-12(20)19-3-5-21-6-4-19/h1-2,7,18H,3-6,8H2. The second kappa shape index (κ2) is 6.65. The first kappa shape index (κ1) is 16.1. The molecule has 2 rings (SSSR count). The van der Waals surface area contributed by atoms with Gasteiger partial charge in [0.25, 0.3) is 0 Å². The van der Waals surface area contributed by atoms with Crippen molar-refractivity contribution in [2.75, 3.05) is 38.2 Å². The lowest BCUT2D eigenvalue weighted by Crippen LogP contribution is -2.43. The van der Waals surface area contributed by atoms with Gasteiger partial charge in [-0.2, -0.15) is 13.2 Å². The van der Waals surface area contributed by atoms with Crippen molar-refractivity contribution >= 4 is 27.5 Å². The third-order valence-electron chi connectivity index (χ3n) is 3.08. The van der Waals surface area contributed by atoms with Crippen molar-refractivity contribution in [1.82, 2.24) is 4.90 Å². The Morgan fingerprint density at radius 3 is 2.62 bits per heavy atom. The van der Waals surface area contributed by atoms with Crippen molar-refractivity contribution in [1.29, 1.82) is 0 Å². The highest BCUT2D eigenvalue weighted by Gasteiger charge is 2.33. The Hall–Kier alpha value is -1.28. The van der Waals surface area contributed by atoms with E-state index in [4.69, 9.17) is 4.74 Å². The van der Waals surface area contributed by atoms with Crippen LogP contribution in [-0.2, 0) is 15.7 Å². The SMILES string of the molecule is O=C(CNc1ccc(Br)cc1C(F)(F)F)N1CCOCC1. The molecule has 1 N–H and O–H groups in total. The number of halogens is 4. The maximum absolute atomic E-state index is 12.9. The largest absolute Gasteiger partial charge is 0.418 e. The molecule has 1 heterocycles. The van der Waals surface area contributed by atoms with E-state index in [2.05, 4.69) is 21.2 Å². The van der Waals surface area contributed by atoms with E-state index in [1.54, 1.807) is 4.90 Å². The molecule has 1 aromatic carbocycles. The smallest absolute Gasteiger partial charge is 0.378 e. The van der Waals surface area contributed by atoms with Gasteiger partial charge in [-0.25, -0.2) is 0 Å². The topological polar surface area (TPSA) is 41.6 Å². The molecule has 1 aliphatic rings. The average molecular weight is 367 g/mol. The summed E-state index contributed by atoms with van der Waals surface area (Å²) in [6.45, 7) is 1.67. The number of carbonyl (C=O) groups is 1. The molecule has 1 saturated heterocycles. The van der Waals surface area contributed by atoms with Crippen LogP contribution in [0.4, 0.5) is 18.9 Å². The Kier molecular flexibility index (Phi) is 5.10. The van der Waals surface area contributed by atoms with Gasteiger partial charge in [-0.3, -0.25) is 4.79 Å². The summed E-state index contributed by atoms with van der Waals surface area (Å²) in [7, 11) is 0. The number of benzene rings is 1. The first-order valence-electron chi connectivity index (χ1n) is 6.34. The molecule has 0 atom stereocenters. The normalized spacial score (nSPS) is 15.9. The number of amides is 1. The van der Waals surface area contributed by atoms with Crippen molar-refractivity contribution < 1.29 is 22.7 Å². The molecule has 0 unspecified atom stereocenters. The summed E-state index contributed by atoms with van der Waals surface area (Å²) in [6, 6.07) is 3.79. The van der Waals surface area contributed by atoms with Crippen LogP contribution in [0, 0.1) is 0 Å². The zero-order valence-corrected chi connectivity index (χ0v) is 12.6. The molecule has 116 valence electrons. The first-order chi connectivity index (χ1) is 9.88. The van der Waals surface area contributed by atoms with Gasteiger partial charge in [0.1, 0.15) is 0 Å². The van der Waals surface area contributed by atoms with Gasteiger partial charge in [0.2, 0.25) is 5.91 Å². The zero-order chi connectivity index (χ0) is 15.5. The molecule has 0 aromatic heterocycles. The summed E-state index contributed by atoms with van der Waals surface area (Å²) >= 11 is 3.01. The van der Waals surface area contributed by atoms with Crippen LogP contribution in [0.3, 0.4) is 0 Å². The number of hydrogen-bond donors (Lipinski definition) is 1. The molecule has 0 aliphatic carbocycles. The molecule has 1 aromatic rings. The number of anilines is 1. The van der Waals surface area contributed by atoms with Crippen LogP contribution in [0.25, 0.3) is 0 Å². The zero-order valence-electron chi connectivity index (χ0n) is 11.0. The second-order valence-corrected chi connectivity index (χ2v) is 5.45. The molecular formula is C13H14BrF3N2O2. The van der Waals surface area contributed by atoms with Crippen LogP contribution in [0.15, 0.2) is 22.7 Å². The number of nitrogens with one attached hydrogen (secondary N) is 1. The number of morpholine rings is 1. The molecule has 21 heavy (non-hydrogen) atoms. The van der Waals surface area contributed by atoms with E-state index in [0.717, 1.165) is 6.07 Å². The Morgan fingerprint density at radius 1 is 1.33 bits per heavy atom. The third kappa shape index (κ3) is 4.34. The number of rotatable bonds is 3. The van der Waals surface area contributed by atoms with Crippen molar-refractivity contribution in [2.24, 2.45) is 0 Å². The quantitative estimate of drug-likeness (QED) is 0.894. The van der Waals surface area contributed by atoms with Gasteiger partial charge in [-0.15, -0.1) is 0 Å². The first-order valence-corrected chi connectivity index (χ1v) is 7.13. The van der Waals surface area contributed by atoms with Crippen molar-refractivity contribution in [3.05, 3.63) is 28.2 Å². The lowest BCUT2D eigenvalue weighted by molar-refractivity contribution is -0.137. The van der Waals surface area contributed by atoms with E-state index >= 15 is 0 Å². The fraction of sp³-hybridized carbons (Fsp3) is 0.462. The summed E-state index contributed by atoms with van der Waals surface area (Å²) in [4.78, 5) is 13.5. The number of carbonyl (C=O) groups excluding carboxylic acids is 1. The van der Waals surface area contributed by atoms with Gasteiger partial charge < -0.3 is 15.0 Å². The van der Waals surface area contributed by atoms with Gasteiger partial charge in [0, 0.05) is 23.2 Å². The van der Waals surface area contributed by atoms with Crippen LogP contribution in [-0.4, -0.2) is 43.7 Å². The van der Waals surface area contributed by atoms with Gasteiger partial charge in [0.05, 0.1) is 25.3 Å². The molecular weight excluding hydrogens is 353 g/mol. The van der Waals surface area contributed by atoms with Crippen LogP contribution < -0.4 is 5.32 Å². The minimum absolute atomic E-state index is 0.104. The molecule has 1 aliphatic heterocycles. The Balaban J connectivity index is 2.04. The summed E-state index contributed by atoms with van der Waals surface area (Å²) < 4.78 is 44.3. The summed E-state index contributed by atoms with van der Waals surface area (Å²) in [5, 5.41) is 2.57. The average Bonchev–Trinajstić information content (AvgIpc) is 2.45. The fourth-order valence-corrected chi connectivity index (χ4v) is 2.36. The van der Waals surface area contributed by atoms with E-state index in [1.807, 2.05) is 0 Å². The van der Waals surface area contributed by atoms with E-state index < -0.39 is 11.7 Å². The minimum Gasteiger partial charge on any atom is -0.378 e. The van der Waals surface area contributed by atoms with E-state index in [1.165, 1.54) is 12.1 Å². The maximum atomic E-state index is 12.9. The van der Waals surface area contributed by atoms with E-state index in [0.29, 0.717) is 30.8 Å². The predicted molar refractivity (Wildman–Crippen MR) is 75.0 cm³/mol. The second-order valence-electron chi connectivity index (χ2n) is 4.53. The van der Waals surface area contributed by atoms with Crippen LogP contribution in [0.5, 0.6) is 0 Å². The fourth-order valence-electron chi connectivity index (χ4n) is 2.00. The van der Waals surface area contributed by atoms with Gasteiger partial charge >= 0.3 is 6.18 Å². The van der Waals surface area contributed by atoms with Crippen LogP contribution >= 0.6 is 15.9 Å². The molecule has 1 fully saturated rings. The lowest BCUT2D eigenvalue weighted by Gasteiger charge is -2.27. The molecule has 8 heteroatoms. The Bertz CT molecular complexity index is 517. The monoisotopic (exact) mass is 366 g/mol. The Labute approximate surface area is 128 Å². The van der Waals surface area contributed by atoms with E-state index in [-0.39, 0.29) is 18.1 Å². The molecule has 0 bridgehead atoms. The van der Waals surface area contributed by atoms with Crippen LogP contribution in [0.2, 0.25) is 0 Å². The van der Waals surface area contributed by atoms with Gasteiger partial charge in [-0.1, -0.05) is 15.9 Å². The lowest BCUT2D eigenvalue weighted by atomic mass is 10.1. The summed E-state index contributed by atoms with van der Waals surface area (Å²) in [5.74, 6) is -0.241. The molecule has 0 radical (unpaired) electrons. The molecule has 1 amide bonds. The van der Waals surface area contributed by atoms with Gasteiger partial charge in [0.15, 0.2) is 0 Å². The highest BCUT2D eigenvalue weighted by molar-refractivity contribution is 9.10. The van der Waals surface area contributed by atoms with Crippen LogP contribution in [0.1, 0.15) is 5.56 Å². The van der Waals surface area contributed by atoms with E-state index in [9.17, 15) is 18.0 Å². The van der Waals surface area contributed by atoms with Gasteiger partial charge in [-0.05, 0) is 18.2 Å². The number of ether oxygens (including phenoxy) is 1. The Morgan fingerprint density at radius 2 is 2.00 bits per heavy atom. The summed E-state index contributed by atoms with van der Waals surface area (Å²) in [5.41, 5.74) is -0.904. The molecule has 0 spiro atoms. The molecule has 4 nitrogen and oxygen atoms in total. The number of nitrogens with zero attached hydrogens (tertiary/aromatic N) is 1. The van der Waals surface area contributed by atoms with Crippen molar-refractivity contribution in [2.45, 2.75) is 6.18 Å².